The van der Waals surface area contributed by atoms with Gasteiger partial charge in [0.05, 0.1) is 17.7 Å². The first-order valence-corrected chi connectivity index (χ1v) is 14.4. The van der Waals surface area contributed by atoms with Gasteiger partial charge in [-0.1, -0.05) is 47.0 Å². The smallest absolute Gasteiger partial charge is 0.264 e. The fourth-order valence-corrected chi connectivity index (χ4v) is 5.74. The first-order chi connectivity index (χ1) is 18.5. The Morgan fingerprint density at radius 2 is 1.64 bits per heavy atom. The van der Waals surface area contributed by atoms with E-state index in [0.717, 1.165) is 9.87 Å². The number of hydrogen-bond donors (Lipinski definition) is 1. The van der Waals surface area contributed by atoms with E-state index in [1.807, 2.05) is 6.92 Å². The second kappa shape index (κ2) is 13.2. The van der Waals surface area contributed by atoms with E-state index in [0.29, 0.717) is 33.6 Å². The Morgan fingerprint density at radius 1 is 1.00 bits per heavy atom. The lowest BCUT2D eigenvalue weighted by molar-refractivity contribution is -0.139. The third-order valence-corrected chi connectivity index (χ3v) is 8.50. The van der Waals surface area contributed by atoms with E-state index in [1.165, 1.54) is 36.3 Å². The molecule has 0 aliphatic rings. The van der Waals surface area contributed by atoms with E-state index in [1.54, 1.807) is 56.3 Å². The third kappa shape index (κ3) is 7.44. The Balaban J connectivity index is 2.04. The molecule has 3 rings (SSSR count). The van der Waals surface area contributed by atoms with Crippen LogP contribution >= 0.6 is 23.2 Å². The lowest BCUT2D eigenvalue weighted by Gasteiger charge is -2.32. The molecular formula is C28H31Cl2N3O5S. The normalized spacial score (nSPS) is 11.9. The summed E-state index contributed by atoms with van der Waals surface area (Å²) in [7, 11) is -2.69. The van der Waals surface area contributed by atoms with Crippen LogP contribution in [-0.4, -0.2) is 51.4 Å². The van der Waals surface area contributed by atoms with E-state index in [2.05, 4.69) is 5.32 Å². The Bertz CT molecular complexity index is 1410. The number of sulfonamides is 1. The Hall–Kier alpha value is -3.27. The van der Waals surface area contributed by atoms with Crippen molar-refractivity contribution in [1.82, 2.24) is 10.2 Å². The summed E-state index contributed by atoms with van der Waals surface area (Å²) in [6.07, 6.45) is 0. The zero-order valence-corrected chi connectivity index (χ0v) is 24.5. The maximum Gasteiger partial charge on any atom is 0.264 e. The van der Waals surface area contributed by atoms with Crippen LogP contribution in [0.3, 0.4) is 0 Å². The largest absolute Gasteiger partial charge is 0.497 e. The van der Waals surface area contributed by atoms with Crippen molar-refractivity contribution in [2.75, 3.05) is 24.5 Å². The lowest BCUT2D eigenvalue weighted by atomic mass is 10.1. The van der Waals surface area contributed by atoms with Crippen molar-refractivity contribution >= 4 is 50.7 Å². The van der Waals surface area contributed by atoms with Crippen LogP contribution in [0.1, 0.15) is 25.0 Å². The number of likely N-dealkylation sites (N-methyl/N-ethyl adjacent to an activating group) is 1. The van der Waals surface area contributed by atoms with Crippen LogP contribution in [0.2, 0.25) is 10.0 Å². The molecule has 3 aromatic rings. The monoisotopic (exact) mass is 591 g/mol. The molecule has 1 N–H and O–H groups in total. The van der Waals surface area contributed by atoms with Gasteiger partial charge in [0, 0.05) is 23.1 Å². The molecule has 39 heavy (non-hydrogen) atoms. The zero-order chi connectivity index (χ0) is 28.7. The summed E-state index contributed by atoms with van der Waals surface area (Å²) in [5, 5.41) is 3.47. The van der Waals surface area contributed by atoms with Gasteiger partial charge >= 0.3 is 0 Å². The summed E-state index contributed by atoms with van der Waals surface area (Å²) in [6, 6.07) is 16.6. The van der Waals surface area contributed by atoms with Crippen LogP contribution in [-0.2, 0) is 26.2 Å². The molecule has 8 nitrogen and oxygen atoms in total. The molecule has 0 unspecified atom stereocenters. The minimum absolute atomic E-state index is 0.0132. The van der Waals surface area contributed by atoms with Gasteiger partial charge in [-0.05, 0) is 74.9 Å². The summed E-state index contributed by atoms with van der Waals surface area (Å²) in [6.45, 7) is 5.02. The van der Waals surface area contributed by atoms with Crippen molar-refractivity contribution in [3.8, 4) is 5.75 Å². The van der Waals surface area contributed by atoms with E-state index in [-0.39, 0.29) is 17.3 Å². The number of halogens is 2. The summed E-state index contributed by atoms with van der Waals surface area (Å²) in [5.74, 6) is -0.470. The standard InChI is InChI=1S/C28H31Cl2N3O5S/c1-5-31-28(35)20(3)32(17-21-8-9-22(29)16-26(21)30)27(34)18-33(23-10-6-19(2)7-11-23)39(36,37)25-14-12-24(38-4)13-15-25/h6-16,20H,5,17-18H2,1-4H3,(H,31,35)/t20-/m0/s1. The third-order valence-electron chi connectivity index (χ3n) is 6.12. The Morgan fingerprint density at radius 3 is 2.21 bits per heavy atom. The molecule has 0 saturated carbocycles. The predicted molar refractivity (Wildman–Crippen MR) is 154 cm³/mol. The number of carbonyl (C=O) groups is 2. The minimum Gasteiger partial charge on any atom is -0.497 e. The van der Waals surface area contributed by atoms with E-state index in [9.17, 15) is 18.0 Å². The molecule has 2 amide bonds. The lowest BCUT2D eigenvalue weighted by Crippen LogP contribution is -2.51. The molecule has 1 atom stereocenters. The van der Waals surface area contributed by atoms with E-state index >= 15 is 0 Å². The number of aryl methyl sites for hydroxylation is 1. The first-order valence-electron chi connectivity index (χ1n) is 12.2. The van der Waals surface area contributed by atoms with Gasteiger partial charge in [0.1, 0.15) is 18.3 Å². The van der Waals surface area contributed by atoms with Gasteiger partial charge in [-0.3, -0.25) is 13.9 Å². The van der Waals surface area contributed by atoms with Crippen molar-refractivity contribution in [3.63, 3.8) is 0 Å². The molecule has 0 spiro atoms. The molecule has 0 aliphatic carbocycles. The fourth-order valence-electron chi connectivity index (χ4n) is 3.85. The number of nitrogens with zero attached hydrogens (tertiary/aromatic N) is 2. The second-order valence-corrected chi connectivity index (χ2v) is 11.6. The first kappa shape index (κ1) is 30.3. The summed E-state index contributed by atoms with van der Waals surface area (Å²) in [4.78, 5) is 27.9. The van der Waals surface area contributed by atoms with Gasteiger partial charge in [-0.25, -0.2) is 8.42 Å². The zero-order valence-electron chi connectivity index (χ0n) is 22.1. The average molecular weight is 593 g/mol. The van der Waals surface area contributed by atoms with Crippen LogP contribution in [0.25, 0.3) is 0 Å². The van der Waals surface area contributed by atoms with Gasteiger partial charge < -0.3 is 15.0 Å². The summed E-state index contributed by atoms with van der Waals surface area (Å²) in [5.41, 5.74) is 1.79. The van der Waals surface area contributed by atoms with Crippen LogP contribution in [0, 0.1) is 6.92 Å². The summed E-state index contributed by atoms with van der Waals surface area (Å²) < 4.78 is 33.9. The van der Waals surface area contributed by atoms with E-state index in [4.69, 9.17) is 27.9 Å². The van der Waals surface area contributed by atoms with Gasteiger partial charge in [0.15, 0.2) is 0 Å². The maximum atomic E-state index is 13.9. The molecule has 0 saturated heterocycles. The number of ether oxygens (including phenoxy) is 1. The minimum atomic E-state index is -4.18. The number of hydrogen-bond acceptors (Lipinski definition) is 5. The highest BCUT2D eigenvalue weighted by molar-refractivity contribution is 7.92. The van der Waals surface area contributed by atoms with Gasteiger partial charge in [0.25, 0.3) is 10.0 Å². The molecule has 208 valence electrons. The topological polar surface area (TPSA) is 96.0 Å². The number of carbonyl (C=O) groups excluding carboxylic acids is 2. The van der Waals surface area contributed by atoms with Crippen LogP contribution in [0.15, 0.2) is 71.6 Å². The number of rotatable bonds is 11. The van der Waals surface area contributed by atoms with Crippen molar-refractivity contribution in [2.24, 2.45) is 0 Å². The van der Waals surface area contributed by atoms with Crippen LogP contribution < -0.4 is 14.4 Å². The van der Waals surface area contributed by atoms with Crippen molar-refractivity contribution < 1.29 is 22.7 Å². The molecule has 11 heteroatoms. The highest BCUT2D eigenvalue weighted by Crippen LogP contribution is 2.27. The van der Waals surface area contributed by atoms with Gasteiger partial charge in [0.2, 0.25) is 11.8 Å². The average Bonchev–Trinajstić information content (AvgIpc) is 2.91. The molecule has 0 radical (unpaired) electrons. The Labute approximate surface area is 239 Å². The summed E-state index contributed by atoms with van der Waals surface area (Å²) >= 11 is 12.4. The highest BCUT2D eigenvalue weighted by Gasteiger charge is 2.32. The number of anilines is 1. The van der Waals surface area contributed by atoms with Crippen molar-refractivity contribution in [2.45, 2.75) is 38.3 Å². The van der Waals surface area contributed by atoms with Crippen LogP contribution in [0.5, 0.6) is 5.75 Å². The fraction of sp³-hybridized carbons (Fsp3) is 0.286. The van der Waals surface area contributed by atoms with Crippen molar-refractivity contribution in [3.05, 3.63) is 87.9 Å². The Kier molecular flexibility index (Phi) is 10.2. The molecule has 0 bridgehead atoms. The molecule has 0 heterocycles. The van der Waals surface area contributed by atoms with Crippen molar-refractivity contribution in [1.29, 1.82) is 0 Å². The number of nitrogens with one attached hydrogen (secondary N) is 1. The van der Waals surface area contributed by atoms with Gasteiger partial charge in [-0.15, -0.1) is 0 Å². The second-order valence-electron chi connectivity index (χ2n) is 8.85. The molecule has 0 aliphatic heterocycles. The number of benzene rings is 3. The SMILES string of the molecule is CCNC(=O)[C@H](C)N(Cc1ccc(Cl)cc1Cl)C(=O)CN(c1ccc(C)cc1)S(=O)(=O)c1ccc(OC)cc1. The van der Waals surface area contributed by atoms with Crippen LogP contribution in [0.4, 0.5) is 5.69 Å². The van der Waals surface area contributed by atoms with Gasteiger partial charge in [-0.2, -0.15) is 0 Å². The number of methoxy groups -OCH3 is 1. The maximum absolute atomic E-state index is 13.9. The molecular weight excluding hydrogens is 561 g/mol. The quantitative estimate of drug-likeness (QED) is 0.336. The highest BCUT2D eigenvalue weighted by atomic mass is 35.5. The molecule has 0 fully saturated rings. The molecule has 0 aromatic heterocycles. The van der Waals surface area contributed by atoms with E-state index < -0.39 is 28.5 Å². The predicted octanol–water partition coefficient (Wildman–Crippen LogP) is 5.06. The molecule has 3 aromatic carbocycles. The number of amides is 2.